The summed E-state index contributed by atoms with van der Waals surface area (Å²) in [5.74, 6) is -0.147. The summed E-state index contributed by atoms with van der Waals surface area (Å²) in [6.07, 6.45) is 53.6. The molecule has 3 unspecified atom stereocenters. The van der Waals surface area contributed by atoms with Crippen molar-refractivity contribution in [1.29, 1.82) is 0 Å². The molecule has 0 heterocycles. The number of hydrogen-bond acceptors (Lipinski definition) is 5. The quantitative estimate of drug-likeness (QED) is 0.0243. The molecule has 0 spiro atoms. The van der Waals surface area contributed by atoms with Crippen LogP contribution in [0.25, 0.3) is 0 Å². The lowest BCUT2D eigenvalue weighted by Gasteiger charge is -2.26. The molecule has 0 aromatic carbocycles. The third kappa shape index (κ3) is 46.8. The van der Waals surface area contributed by atoms with Gasteiger partial charge in [-0.25, -0.2) is 4.57 Å². The second kappa shape index (κ2) is 44.2. The number of carbonyl (C=O) groups excluding carboxylic acids is 1. The molecule has 0 aromatic heterocycles. The van der Waals surface area contributed by atoms with E-state index in [1.807, 2.05) is 21.1 Å². The van der Waals surface area contributed by atoms with E-state index < -0.39 is 20.0 Å². The van der Waals surface area contributed by atoms with Crippen molar-refractivity contribution in [3.05, 3.63) is 24.3 Å². The Bertz CT molecular complexity index is 1050. The zero-order valence-electron chi connectivity index (χ0n) is 41.2. The molecule has 0 saturated carbocycles. The molecule has 8 nitrogen and oxygen atoms in total. The molecule has 0 aliphatic carbocycles. The van der Waals surface area contributed by atoms with Gasteiger partial charge in [0.25, 0.3) is 0 Å². The molecular weight excluding hydrogens is 780 g/mol. The van der Waals surface area contributed by atoms with Crippen LogP contribution < -0.4 is 5.32 Å². The van der Waals surface area contributed by atoms with E-state index in [-0.39, 0.29) is 19.1 Å². The maximum Gasteiger partial charge on any atom is 0.472 e. The molecule has 0 bridgehead atoms. The van der Waals surface area contributed by atoms with Gasteiger partial charge in [0.15, 0.2) is 0 Å². The number of aliphatic hydroxyl groups is 1. The van der Waals surface area contributed by atoms with Crippen molar-refractivity contribution in [3.8, 4) is 0 Å². The summed E-state index contributed by atoms with van der Waals surface area (Å²) >= 11 is 0. The normalized spacial score (nSPS) is 14.3. The standard InChI is InChI=1S/C52H103N2O6P/c1-6-8-10-12-14-16-18-20-22-23-24-25-26-27-28-29-30-31-32-34-36-38-40-42-44-46-52(56)53-50(49-60-61(57,58)59-48-47-54(3,4)5)51(55)45-43-41-39-37-35-33-21-19-17-15-13-11-9-7-2/h24-25,27-28,50-51,55H,6-23,26,29-49H2,1-5H3,(H-,53,56,57,58)/p+1/b25-24-,28-27-. The second-order valence-corrected chi connectivity index (χ2v) is 20.7. The zero-order valence-corrected chi connectivity index (χ0v) is 42.1. The van der Waals surface area contributed by atoms with E-state index in [9.17, 15) is 19.4 Å². The van der Waals surface area contributed by atoms with Crippen molar-refractivity contribution in [2.45, 2.75) is 264 Å². The number of nitrogens with zero attached hydrogens (tertiary/aromatic N) is 1. The van der Waals surface area contributed by atoms with Crippen LogP contribution in [-0.4, -0.2) is 73.4 Å². The number of unbranched alkanes of at least 4 members (excludes halogenated alkanes) is 31. The van der Waals surface area contributed by atoms with Crippen molar-refractivity contribution in [2.24, 2.45) is 0 Å². The molecule has 3 N–H and O–H groups in total. The Balaban J connectivity index is 4.19. The largest absolute Gasteiger partial charge is 0.472 e. The molecule has 0 fully saturated rings. The summed E-state index contributed by atoms with van der Waals surface area (Å²) in [6.45, 7) is 4.90. The molecule has 0 aromatic rings. The highest BCUT2D eigenvalue weighted by atomic mass is 31.2. The SMILES string of the molecule is CCCCCCCCCCC/C=C\C/C=C\CCCCCCCCCCCC(=O)NC(COP(=O)(O)OCC[N+](C)(C)C)C(O)CCCCCCCCCCCCCCCC. The third-order valence-electron chi connectivity index (χ3n) is 12.0. The number of carbonyl (C=O) groups is 1. The fourth-order valence-corrected chi connectivity index (χ4v) is 8.52. The van der Waals surface area contributed by atoms with Crippen molar-refractivity contribution in [2.75, 3.05) is 40.9 Å². The molecule has 0 aliphatic heterocycles. The predicted molar refractivity (Wildman–Crippen MR) is 263 cm³/mol. The minimum absolute atomic E-state index is 0.0747. The number of phosphoric acid groups is 1. The van der Waals surface area contributed by atoms with Crippen LogP contribution in [0.15, 0.2) is 24.3 Å². The third-order valence-corrected chi connectivity index (χ3v) is 12.9. The second-order valence-electron chi connectivity index (χ2n) is 19.3. The molecule has 1 amide bonds. The highest BCUT2D eigenvalue weighted by Gasteiger charge is 2.28. The number of aliphatic hydroxyl groups excluding tert-OH is 1. The Morgan fingerprint density at radius 1 is 0.557 bits per heavy atom. The van der Waals surface area contributed by atoms with E-state index in [4.69, 9.17) is 9.05 Å². The van der Waals surface area contributed by atoms with E-state index in [0.29, 0.717) is 23.9 Å². The van der Waals surface area contributed by atoms with Gasteiger partial charge >= 0.3 is 7.82 Å². The summed E-state index contributed by atoms with van der Waals surface area (Å²) < 4.78 is 23.7. The van der Waals surface area contributed by atoms with Crippen LogP contribution in [0.1, 0.15) is 251 Å². The maximum absolute atomic E-state index is 12.9. The van der Waals surface area contributed by atoms with Crippen molar-refractivity contribution >= 4 is 13.7 Å². The molecule has 61 heavy (non-hydrogen) atoms. The number of nitrogens with one attached hydrogen (secondary N) is 1. The first-order valence-corrected chi connectivity index (χ1v) is 27.7. The van der Waals surface area contributed by atoms with Crippen LogP contribution in [0, 0.1) is 0 Å². The van der Waals surface area contributed by atoms with Crippen molar-refractivity contribution < 1.29 is 32.9 Å². The van der Waals surface area contributed by atoms with Gasteiger partial charge in [0.2, 0.25) is 5.91 Å². The summed E-state index contributed by atoms with van der Waals surface area (Å²) in [6, 6.07) is -0.761. The summed E-state index contributed by atoms with van der Waals surface area (Å²) in [7, 11) is 1.62. The lowest BCUT2D eigenvalue weighted by molar-refractivity contribution is -0.870. The number of allylic oxidation sites excluding steroid dienone is 4. The number of phosphoric ester groups is 1. The van der Waals surface area contributed by atoms with E-state index in [2.05, 4.69) is 43.5 Å². The van der Waals surface area contributed by atoms with Gasteiger partial charge in [-0.2, -0.15) is 0 Å². The van der Waals surface area contributed by atoms with Gasteiger partial charge in [0.1, 0.15) is 13.2 Å². The van der Waals surface area contributed by atoms with Crippen LogP contribution >= 0.6 is 7.82 Å². The Kier molecular flexibility index (Phi) is 43.5. The number of hydrogen-bond donors (Lipinski definition) is 3. The molecule has 9 heteroatoms. The van der Waals surface area contributed by atoms with Gasteiger partial charge in [-0.05, 0) is 44.9 Å². The summed E-state index contributed by atoms with van der Waals surface area (Å²) in [4.78, 5) is 23.2. The topological polar surface area (TPSA) is 105 Å². The first kappa shape index (κ1) is 60.0. The fraction of sp³-hybridized carbons (Fsp3) is 0.904. The minimum Gasteiger partial charge on any atom is -0.391 e. The molecular formula is C52H104N2O6P+. The number of amides is 1. The van der Waals surface area contributed by atoms with E-state index >= 15 is 0 Å². The lowest BCUT2D eigenvalue weighted by atomic mass is 10.0. The van der Waals surface area contributed by atoms with Gasteiger partial charge in [0.05, 0.1) is 39.9 Å². The summed E-state index contributed by atoms with van der Waals surface area (Å²) in [5.41, 5.74) is 0. The number of rotatable bonds is 48. The Morgan fingerprint density at radius 3 is 1.34 bits per heavy atom. The van der Waals surface area contributed by atoms with Gasteiger partial charge in [-0.15, -0.1) is 0 Å². The van der Waals surface area contributed by atoms with E-state index in [1.54, 1.807) is 0 Å². The van der Waals surface area contributed by atoms with Crippen LogP contribution in [0.4, 0.5) is 0 Å². The average molecular weight is 884 g/mol. The van der Waals surface area contributed by atoms with Gasteiger partial charge in [0, 0.05) is 6.42 Å². The van der Waals surface area contributed by atoms with Crippen LogP contribution in [-0.2, 0) is 18.4 Å². The van der Waals surface area contributed by atoms with Crippen LogP contribution in [0.3, 0.4) is 0 Å². The number of likely N-dealkylation sites (N-methyl/N-ethyl adjacent to an activating group) is 1. The minimum atomic E-state index is -4.32. The molecule has 0 saturated heterocycles. The smallest absolute Gasteiger partial charge is 0.391 e. The zero-order chi connectivity index (χ0) is 45.0. The van der Waals surface area contributed by atoms with Crippen LogP contribution in [0.5, 0.6) is 0 Å². The Hall–Kier alpha value is -1.02. The number of quaternary nitrogens is 1. The first-order chi connectivity index (χ1) is 29.5. The summed E-state index contributed by atoms with van der Waals surface area (Å²) in [5, 5.41) is 14.0. The van der Waals surface area contributed by atoms with E-state index in [1.165, 1.54) is 180 Å². The molecule has 362 valence electrons. The van der Waals surface area contributed by atoms with E-state index in [0.717, 1.165) is 44.9 Å². The van der Waals surface area contributed by atoms with Crippen molar-refractivity contribution in [3.63, 3.8) is 0 Å². The monoisotopic (exact) mass is 884 g/mol. The lowest BCUT2D eigenvalue weighted by Crippen LogP contribution is -2.46. The molecule has 0 radical (unpaired) electrons. The average Bonchev–Trinajstić information content (AvgIpc) is 3.21. The van der Waals surface area contributed by atoms with Crippen molar-refractivity contribution in [1.82, 2.24) is 5.32 Å². The Labute approximate surface area is 379 Å². The molecule has 0 rings (SSSR count). The highest BCUT2D eigenvalue weighted by Crippen LogP contribution is 2.43. The van der Waals surface area contributed by atoms with Gasteiger partial charge in [-0.1, -0.05) is 224 Å². The highest BCUT2D eigenvalue weighted by molar-refractivity contribution is 7.47. The first-order valence-electron chi connectivity index (χ1n) is 26.2. The fourth-order valence-electron chi connectivity index (χ4n) is 7.78. The van der Waals surface area contributed by atoms with Crippen LogP contribution in [0.2, 0.25) is 0 Å². The maximum atomic E-state index is 12.9. The molecule has 0 aliphatic rings. The molecule has 3 atom stereocenters. The van der Waals surface area contributed by atoms with Gasteiger partial charge < -0.3 is 19.8 Å². The Morgan fingerprint density at radius 2 is 0.934 bits per heavy atom. The van der Waals surface area contributed by atoms with Gasteiger partial charge in [-0.3, -0.25) is 13.8 Å². The predicted octanol–water partition coefficient (Wildman–Crippen LogP) is 15.3.